The molecule has 1 atom stereocenters. The first-order valence-corrected chi connectivity index (χ1v) is 8.23. The van der Waals surface area contributed by atoms with Gasteiger partial charge < -0.3 is 14.5 Å². The predicted molar refractivity (Wildman–Crippen MR) is 85.2 cm³/mol. The number of halogens is 2. The number of hydrogen-bond donors (Lipinski definition) is 0. The Morgan fingerprint density at radius 3 is 2.84 bits per heavy atom. The second kappa shape index (κ2) is 6.67. The number of nitrogens with zero attached hydrogens (tertiary/aromatic N) is 3. The van der Waals surface area contributed by atoms with E-state index in [1.165, 1.54) is 19.4 Å². The monoisotopic (exact) mass is 353 g/mol. The average molecular weight is 353 g/mol. The molecule has 1 aromatic heterocycles. The number of alkyl halides is 2. The van der Waals surface area contributed by atoms with Gasteiger partial charge in [0, 0.05) is 39.4 Å². The molecule has 6 nitrogen and oxygen atoms in total. The van der Waals surface area contributed by atoms with E-state index < -0.39 is 30.2 Å². The van der Waals surface area contributed by atoms with E-state index in [0.717, 1.165) is 4.90 Å². The molecule has 1 spiro atoms. The summed E-state index contributed by atoms with van der Waals surface area (Å²) in [5.74, 6) is -3.99. The van der Waals surface area contributed by atoms with E-state index in [2.05, 4.69) is 4.98 Å². The third kappa shape index (κ3) is 3.49. The number of hydrogen-bond acceptors (Lipinski definition) is 4. The largest absolute Gasteiger partial charge is 0.383 e. The number of likely N-dealkylation sites (tertiary alicyclic amines) is 2. The molecule has 0 saturated carbocycles. The van der Waals surface area contributed by atoms with Crippen LogP contribution in [0.4, 0.5) is 8.78 Å². The van der Waals surface area contributed by atoms with Crippen molar-refractivity contribution in [2.75, 3.05) is 39.9 Å². The number of rotatable bonds is 4. The van der Waals surface area contributed by atoms with Gasteiger partial charge in [-0.2, -0.15) is 0 Å². The first-order valence-electron chi connectivity index (χ1n) is 8.23. The molecule has 0 bridgehead atoms. The van der Waals surface area contributed by atoms with Crippen LogP contribution < -0.4 is 0 Å². The number of methoxy groups -OCH3 is 1. The van der Waals surface area contributed by atoms with Gasteiger partial charge in [-0.1, -0.05) is 6.07 Å². The van der Waals surface area contributed by atoms with Crippen molar-refractivity contribution in [2.24, 2.45) is 5.41 Å². The van der Waals surface area contributed by atoms with Crippen molar-refractivity contribution in [3.63, 3.8) is 0 Å². The summed E-state index contributed by atoms with van der Waals surface area (Å²) in [5, 5.41) is 0. The highest BCUT2D eigenvalue weighted by Crippen LogP contribution is 2.45. The van der Waals surface area contributed by atoms with Gasteiger partial charge in [0.05, 0.1) is 18.6 Å². The van der Waals surface area contributed by atoms with Crippen LogP contribution in [0.3, 0.4) is 0 Å². The van der Waals surface area contributed by atoms with Crippen molar-refractivity contribution in [2.45, 2.75) is 18.8 Å². The van der Waals surface area contributed by atoms with Gasteiger partial charge in [0.25, 0.3) is 11.8 Å². The second-order valence-electron chi connectivity index (χ2n) is 6.72. The molecular formula is C17H21F2N3O3. The Balaban J connectivity index is 1.82. The Morgan fingerprint density at radius 1 is 1.36 bits per heavy atom. The van der Waals surface area contributed by atoms with Crippen LogP contribution in [-0.2, 0) is 9.53 Å². The fraction of sp³-hybridized carbons (Fsp3) is 0.588. The highest BCUT2D eigenvalue weighted by atomic mass is 19.3. The molecule has 0 aromatic carbocycles. The summed E-state index contributed by atoms with van der Waals surface area (Å²) in [6, 6.07) is 4.77. The highest BCUT2D eigenvalue weighted by Gasteiger charge is 2.57. The first kappa shape index (κ1) is 17.7. The lowest BCUT2D eigenvalue weighted by atomic mass is 9.77. The van der Waals surface area contributed by atoms with Gasteiger partial charge in [0.2, 0.25) is 5.91 Å². The maximum absolute atomic E-state index is 14.4. The third-order valence-corrected chi connectivity index (χ3v) is 4.85. The van der Waals surface area contributed by atoms with Gasteiger partial charge in [-0.3, -0.25) is 14.6 Å². The van der Waals surface area contributed by atoms with E-state index in [1.54, 1.807) is 17.0 Å². The van der Waals surface area contributed by atoms with E-state index in [4.69, 9.17) is 4.74 Å². The molecule has 2 fully saturated rings. The van der Waals surface area contributed by atoms with Crippen molar-refractivity contribution in [1.82, 2.24) is 14.8 Å². The van der Waals surface area contributed by atoms with Gasteiger partial charge in [0.15, 0.2) is 0 Å². The Morgan fingerprint density at radius 2 is 2.16 bits per heavy atom. The summed E-state index contributed by atoms with van der Waals surface area (Å²) in [5.41, 5.74) is -1.11. The zero-order chi connectivity index (χ0) is 18.1. The number of piperidine rings is 1. The molecule has 0 radical (unpaired) electrons. The van der Waals surface area contributed by atoms with Crippen LogP contribution in [-0.4, -0.2) is 72.4 Å². The minimum absolute atomic E-state index is 0.000311. The van der Waals surface area contributed by atoms with Crippen molar-refractivity contribution < 1.29 is 23.1 Å². The molecule has 1 aromatic rings. The summed E-state index contributed by atoms with van der Waals surface area (Å²) in [6.07, 6.45) is 1.24. The van der Waals surface area contributed by atoms with E-state index in [-0.39, 0.29) is 18.1 Å². The van der Waals surface area contributed by atoms with Crippen LogP contribution in [0.15, 0.2) is 24.4 Å². The number of aromatic nitrogens is 1. The lowest BCUT2D eigenvalue weighted by Crippen LogP contribution is -2.57. The van der Waals surface area contributed by atoms with Crippen LogP contribution in [0.2, 0.25) is 0 Å². The fourth-order valence-corrected chi connectivity index (χ4v) is 3.72. The molecule has 0 N–H and O–H groups in total. The number of amides is 2. The summed E-state index contributed by atoms with van der Waals surface area (Å²) in [4.78, 5) is 31.9. The SMILES string of the molecule is COCCN1CCC2(CN(C(=O)c3ccccn3)CC(F)(F)C2)C1=O. The maximum Gasteiger partial charge on any atom is 0.272 e. The van der Waals surface area contributed by atoms with Gasteiger partial charge in [-0.05, 0) is 18.6 Å². The third-order valence-electron chi connectivity index (χ3n) is 4.85. The van der Waals surface area contributed by atoms with E-state index in [9.17, 15) is 18.4 Å². The average Bonchev–Trinajstić information content (AvgIpc) is 2.87. The molecule has 3 heterocycles. The predicted octanol–water partition coefficient (Wildman–Crippen LogP) is 1.43. The molecule has 25 heavy (non-hydrogen) atoms. The van der Waals surface area contributed by atoms with Crippen molar-refractivity contribution in [1.29, 1.82) is 0 Å². The summed E-state index contributed by atoms with van der Waals surface area (Å²) < 4.78 is 33.7. The first-order chi connectivity index (χ1) is 11.9. The van der Waals surface area contributed by atoms with Crippen molar-refractivity contribution in [3.8, 4) is 0 Å². The van der Waals surface area contributed by atoms with Crippen LogP contribution in [0, 0.1) is 5.41 Å². The van der Waals surface area contributed by atoms with E-state index in [1.807, 2.05) is 0 Å². The fourth-order valence-electron chi connectivity index (χ4n) is 3.72. The summed E-state index contributed by atoms with van der Waals surface area (Å²) in [6.45, 7) is 0.450. The molecule has 3 rings (SSSR count). The second-order valence-corrected chi connectivity index (χ2v) is 6.72. The Hall–Kier alpha value is -2.09. The van der Waals surface area contributed by atoms with Crippen molar-refractivity contribution >= 4 is 11.8 Å². The minimum Gasteiger partial charge on any atom is -0.383 e. The quantitative estimate of drug-likeness (QED) is 0.822. The van der Waals surface area contributed by atoms with E-state index >= 15 is 0 Å². The van der Waals surface area contributed by atoms with Crippen LogP contribution >= 0.6 is 0 Å². The van der Waals surface area contributed by atoms with Crippen LogP contribution in [0.1, 0.15) is 23.3 Å². The standard InChI is InChI=1S/C17H21F2N3O3/c1-25-9-8-21-7-5-16(15(21)24)10-17(18,19)12-22(11-16)14(23)13-4-2-3-6-20-13/h2-4,6H,5,7-12H2,1H3. The Bertz CT molecular complexity index is 656. The molecule has 2 aliphatic heterocycles. The molecule has 0 aliphatic carbocycles. The molecular weight excluding hydrogens is 332 g/mol. The topological polar surface area (TPSA) is 62.7 Å². The molecule has 2 aliphatic rings. The highest BCUT2D eigenvalue weighted by molar-refractivity contribution is 5.93. The van der Waals surface area contributed by atoms with Gasteiger partial charge in [-0.15, -0.1) is 0 Å². The molecule has 8 heteroatoms. The lowest BCUT2D eigenvalue weighted by Gasteiger charge is -2.42. The molecule has 1 unspecified atom stereocenters. The summed E-state index contributed by atoms with van der Waals surface area (Å²) in [7, 11) is 1.53. The van der Waals surface area contributed by atoms with Crippen molar-refractivity contribution in [3.05, 3.63) is 30.1 Å². The number of pyridine rings is 1. The Kier molecular flexibility index (Phi) is 4.73. The van der Waals surface area contributed by atoms with Gasteiger partial charge >= 0.3 is 0 Å². The van der Waals surface area contributed by atoms with E-state index in [0.29, 0.717) is 26.1 Å². The van der Waals surface area contributed by atoms with Crippen LogP contribution in [0.25, 0.3) is 0 Å². The zero-order valence-corrected chi connectivity index (χ0v) is 14.1. The maximum atomic E-state index is 14.4. The Labute approximate surface area is 144 Å². The van der Waals surface area contributed by atoms with Gasteiger partial charge in [-0.25, -0.2) is 8.78 Å². The molecule has 136 valence electrons. The number of ether oxygens (including phenoxy) is 1. The molecule has 2 saturated heterocycles. The number of carbonyl (C=O) groups is 2. The zero-order valence-electron chi connectivity index (χ0n) is 14.1. The minimum atomic E-state index is -3.10. The number of carbonyl (C=O) groups excluding carboxylic acids is 2. The summed E-state index contributed by atoms with van der Waals surface area (Å²) >= 11 is 0. The van der Waals surface area contributed by atoms with Gasteiger partial charge in [0.1, 0.15) is 5.69 Å². The normalized spacial score (nSPS) is 25.6. The lowest BCUT2D eigenvalue weighted by molar-refractivity contribution is -0.151. The molecule has 2 amide bonds. The van der Waals surface area contributed by atoms with Crippen LogP contribution in [0.5, 0.6) is 0 Å². The smallest absolute Gasteiger partial charge is 0.272 e.